The van der Waals surface area contributed by atoms with E-state index in [4.69, 9.17) is 4.98 Å². The molecule has 304 valence electrons. The Morgan fingerprint density at radius 3 is 1.98 bits per heavy atom. The van der Waals surface area contributed by atoms with Gasteiger partial charge in [0.25, 0.3) is 0 Å². The summed E-state index contributed by atoms with van der Waals surface area (Å²) in [5.41, 5.74) is 17.5. The second kappa shape index (κ2) is 15.9. The Labute approximate surface area is 369 Å². The van der Waals surface area contributed by atoms with E-state index in [1.807, 2.05) is 6.20 Å². The molecule has 1 aliphatic heterocycles. The van der Waals surface area contributed by atoms with Gasteiger partial charge in [-0.2, -0.15) is 4.57 Å². The van der Waals surface area contributed by atoms with E-state index in [1.165, 1.54) is 27.8 Å². The summed E-state index contributed by atoms with van der Waals surface area (Å²) in [6.45, 7) is 4.54. The number of imidazole rings is 1. The highest BCUT2D eigenvalue weighted by Crippen LogP contribution is 2.52. The van der Waals surface area contributed by atoms with E-state index in [0.29, 0.717) is 5.92 Å². The molecule has 0 fully saturated rings. The highest BCUT2D eigenvalue weighted by molar-refractivity contribution is 5.98. The van der Waals surface area contributed by atoms with Gasteiger partial charge in [-0.15, -0.1) is 0 Å². The fourth-order valence-corrected chi connectivity index (χ4v) is 9.85. The van der Waals surface area contributed by atoms with Gasteiger partial charge >= 0.3 is 0 Å². The minimum atomic E-state index is 0.0827. The van der Waals surface area contributed by atoms with Crippen LogP contribution in [-0.4, -0.2) is 20.2 Å². The molecule has 0 amide bonds. The molecular formula is C58H48N5+. The fraction of sp³-hybridized carbons (Fsp3) is 0.103. The summed E-state index contributed by atoms with van der Waals surface area (Å²) < 4.78 is 4.49. The zero-order valence-corrected chi connectivity index (χ0v) is 35.8. The van der Waals surface area contributed by atoms with Crippen molar-refractivity contribution in [3.8, 4) is 39.1 Å². The number of rotatable bonds is 9. The molecule has 5 heteroatoms. The van der Waals surface area contributed by atoms with Crippen LogP contribution in [0.4, 0.5) is 28.6 Å². The number of benzene rings is 7. The first kappa shape index (κ1) is 38.2. The van der Waals surface area contributed by atoms with Crippen LogP contribution in [0.2, 0.25) is 0 Å². The van der Waals surface area contributed by atoms with Gasteiger partial charge in [-0.05, 0) is 87.8 Å². The SMILES string of the molecule is CC(C)c1ccccc1-c1ccnc(N2c3cc(N(c4cccc(-n5[cH+]n(C)c6ccccc65)c4)c4c(-c5ccccc5)cccc4-c4ccccc4)ccc3C3C=CC=CC32)c1. The van der Waals surface area contributed by atoms with Crippen LogP contribution in [0.15, 0.2) is 219 Å². The summed E-state index contributed by atoms with van der Waals surface area (Å²) in [5, 5.41) is 0. The number of aryl methyl sites for hydroxylation is 1. The molecule has 0 radical (unpaired) electrons. The van der Waals surface area contributed by atoms with Crippen molar-refractivity contribution < 1.29 is 0 Å². The molecule has 11 rings (SSSR count). The first-order valence-electron chi connectivity index (χ1n) is 22.0. The molecule has 1 aliphatic carbocycles. The molecule has 0 saturated carbocycles. The molecule has 2 unspecified atom stereocenters. The Kier molecular flexibility index (Phi) is 9.65. The molecule has 7 aromatic carbocycles. The second-order valence-electron chi connectivity index (χ2n) is 16.9. The maximum absolute atomic E-state index is 5.13. The number of nitrogens with zero attached hydrogens (tertiary/aromatic N) is 5. The van der Waals surface area contributed by atoms with E-state index in [2.05, 4.69) is 252 Å². The van der Waals surface area contributed by atoms with E-state index in [1.54, 1.807) is 0 Å². The molecule has 2 atom stereocenters. The summed E-state index contributed by atoms with van der Waals surface area (Å²) in [6, 6.07) is 66.3. The quantitative estimate of drug-likeness (QED) is 0.136. The Bertz CT molecular complexity index is 3140. The van der Waals surface area contributed by atoms with Crippen molar-refractivity contribution in [2.75, 3.05) is 9.80 Å². The number of hydrogen-bond acceptors (Lipinski definition) is 3. The number of pyridine rings is 1. The lowest BCUT2D eigenvalue weighted by molar-refractivity contribution is 0.738. The lowest BCUT2D eigenvalue weighted by atomic mass is 9.91. The van der Waals surface area contributed by atoms with E-state index in [-0.39, 0.29) is 12.0 Å². The average molecular weight is 815 g/mol. The van der Waals surface area contributed by atoms with Crippen LogP contribution in [-0.2, 0) is 7.05 Å². The maximum Gasteiger partial charge on any atom is 0.191 e. The van der Waals surface area contributed by atoms with Gasteiger partial charge < -0.3 is 9.80 Å². The van der Waals surface area contributed by atoms with Gasteiger partial charge in [-0.3, -0.25) is 0 Å². The van der Waals surface area contributed by atoms with Gasteiger partial charge in [0.2, 0.25) is 0 Å². The highest BCUT2D eigenvalue weighted by Gasteiger charge is 2.39. The number of allylic oxidation sites excluding steroid dienone is 2. The van der Waals surface area contributed by atoms with Crippen LogP contribution in [0, 0.1) is 0 Å². The molecular weight excluding hydrogens is 767 g/mol. The first-order valence-corrected chi connectivity index (χ1v) is 22.0. The van der Waals surface area contributed by atoms with Gasteiger partial charge in [-0.25, -0.2) is 9.55 Å². The van der Waals surface area contributed by atoms with Crippen LogP contribution >= 0.6 is 0 Å². The minimum absolute atomic E-state index is 0.0827. The Morgan fingerprint density at radius 1 is 0.571 bits per heavy atom. The fourth-order valence-electron chi connectivity index (χ4n) is 9.85. The molecule has 0 saturated heterocycles. The van der Waals surface area contributed by atoms with Gasteiger partial charge in [0.15, 0.2) is 17.4 Å². The zero-order chi connectivity index (χ0) is 42.4. The lowest BCUT2D eigenvalue weighted by Crippen LogP contribution is -2.29. The van der Waals surface area contributed by atoms with Gasteiger partial charge in [0.05, 0.1) is 17.4 Å². The number of anilines is 5. The van der Waals surface area contributed by atoms with Crippen LogP contribution in [0.1, 0.15) is 36.8 Å². The largest absolute Gasteiger partial charge is 0.318 e. The van der Waals surface area contributed by atoms with Crippen molar-refractivity contribution in [2.24, 2.45) is 7.05 Å². The topological polar surface area (TPSA) is 29.2 Å². The number of para-hydroxylation sites is 3. The summed E-state index contributed by atoms with van der Waals surface area (Å²) in [7, 11) is 2.11. The standard InChI is InChI=1S/C58H48N5/c1-40(2)47-24-10-11-25-48(47)43-34-35-59-57(36-43)63-53-29-13-12-26-51(53)52-33-32-46(38-56(52)63)62(45-23-16-22-44(37-45)61-39-60(3)54-30-14-15-31-55(54)61)58-49(41-18-6-4-7-19-41)27-17-28-50(58)42-20-8-5-9-21-42/h4-40,51,53H,1-3H3/q+1. The zero-order valence-electron chi connectivity index (χ0n) is 35.8. The van der Waals surface area contributed by atoms with Crippen LogP contribution in [0.5, 0.6) is 0 Å². The van der Waals surface area contributed by atoms with Crippen molar-refractivity contribution in [1.29, 1.82) is 0 Å². The van der Waals surface area contributed by atoms with Gasteiger partial charge in [0.1, 0.15) is 11.5 Å². The third-order valence-corrected chi connectivity index (χ3v) is 12.8. The molecule has 5 nitrogen and oxygen atoms in total. The number of aromatic nitrogens is 3. The Balaban J connectivity index is 1.15. The van der Waals surface area contributed by atoms with Crippen LogP contribution < -0.4 is 9.80 Å². The predicted molar refractivity (Wildman–Crippen MR) is 263 cm³/mol. The van der Waals surface area contributed by atoms with E-state index >= 15 is 0 Å². The maximum atomic E-state index is 5.13. The van der Waals surface area contributed by atoms with E-state index in [0.717, 1.165) is 62.0 Å². The van der Waals surface area contributed by atoms with E-state index < -0.39 is 0 Å². The number of fused-ring (bicyclic) bond motifs is 4. The van der Waals surface area contributed by atoms with Crippen molar-refractivity contribution in [3.05, 3.63) is 230 Å². The second-order valence-corrected chi connectivity index (χ2v) is 16.9. The third-order valence-electron chi connectivity index (χ3n) is 12.8. The summed E-state index contributed by atoms with van der Waals surface area (Å²) >= 11 is 0. The average Bonchev–Trinajstić information content (AvgIpc) is 3.86. The molecule has 0 bridgehead atoms. The lowest BCUT2D eigenvalue weighted by Gasteiger charge is -2.31. The minimum Gasteiger partial charge on any atom is -0.318 e. The monoisotopic (exact) mass is 814 g/mol. The normalized spacial score (nSPS) is 15.2. The molecule has 0 spiro atoms. The van der Waals surface area contributed by atoms with E-state index in [9.17, 15) is 0 Å². The molecule has 63 heavy (non-hydrogen) atoms. The Morgan fingerprint density at radius 2 is 1.22 bits per heavy atom. The first-order chi connectivity index (χ1) is 31.0. The highest BCUT2D eigenvalue weighted by atomic mass is 15.2. The van der Waals surface area contributed by atoms with Crippen molar-refractivity contribution in [2.45, 2.75) is 31.7 Å². The van der Waals surface area contributed by atoms with Crippen molar-refractivity contribution >= 4 is 39.6 Å². The molecule has 2 aliphatic rings. The Hall–Kier alpha value is -7.76. The van der Waals surface area contributed by atoms with Gasteiger partial charge in [0, 0.05) is 65.9 Å². The molecule has 0 N–H and O–H groups in total. The smallest absolute Gasteiger partial charge is 0.191 e. The summed E-state index contributed by atoms with van der Waals surface area (Å²) in [4.78, 5) is 10.1. The van der Waals surface area contributed by atoms with Gasteiger partial charge in [-0.1, -0.05) is 147 Å². The van der Waals surface area contributed by atoms with Crippen LogP contribution in [0.25, 0.3) is 50.1 Å². The van der Waals surface area contributed by atoms with Crippen LogP contribution in [0.3, 0.4) is 0 Å². The number of hydrogen-bond donors (Lipinski definition) is 0. The van der Waals surface area contributed by atoms with Crippen molar-refractivity contribution in [3.63, 3.8) is 0 Å². The summed E-state index contributed by atoms with van der Waals surface area (Å²) in [5.74, 6) is 1.52. The molecule has 2 aromatic heterocycles. The predicted octanol–water partition coefficient (Wildman–Crippen LogP) is 15.0. The third kappa shape index (κ3) is 6.74. The van der Waals surface area contributed by atoms with Crippen molar-refractivity contribution in [1.82, 2.24) is 14.1 Å². The molecule has 3 heterocycles. The summed E-state index contributed by atoms with van der Waals surface area (Å²) in [6.07, 6.45) is 13.2. The molecule has 9 aromatic rings.